The van der Waals surface area contributed by atoms with E-state index in [0.717, 1.165) is 16.1 Å². The molecule has 0 spiro atoms. The van der Waals surface area contributed by atoms with Gasteiger partial charge in [0, 0.05) is 13.6 Å². The third-order valence-electron chi connectivity index (χ3n) is 4.23. The fourth-order valence-corrected chi connectivity index (χ4v) is 4.22. The number of likely N-dealkylation sites (N-methyl/N-ethyl adjacent to an activating group) is 1. The summed E-state index contributed by atoms with van der Waals surface area (Å²) in [6.07, 6.45) is 0.980. The van der Waals surface area contributed by atoms with Gasteiger partial charge < -0.3 is 14.4 Å². The lowest BCUT2D eigenvalue weighted by molar-refractivity contribution is -0.128. The number of ether oxygens (including phenoxy) is 2. The second kappa shape index (κ2) is 9.96. The van der Waals surface area contributed by atoms with E-state index < -0.39 is 22.5 Å². The lowest BCUT2D eigenvalue weighted by atomic mass is 10.2. The van der Waals surface area contributed by atoms with Crippen LogP contribution in [0.4, 0.5) is 5.69 Å². The van der Waals surface area contributed by atoms with Gasteiger partial charge in [0.25, 0.3) is 0 Å². The summed E-state index contributed by atoms with van der Waals surface area (Å²) in [5.41, 5.74) is 0.850. The molecule has 0 aliphatic rings. The van der Waals surface area contributed by atoms with Crippen molar-refractivity contribution in [1.82, 2.24) is 4.90 Å². The second-order valence-corrected chi connectivity index (χ2v) is 9.55. The van der Waals surface area contributed by atoms with Crippen LogP contribution >= 0.6 is 34.8 Å². The van der Waals surface area contributed by atoms with Crippen molar-refractivity contribution in [3.63, 3.8) is 0 Å². The highest BCUT2D eigenvalue weighted by Crippen LogP contribution is 2.35. The highest BCUT2D eigenvalue weighted by molar-refractivity contribution is 7.92. The number of carbonyl (C=O) groups excluding carboxylic acids is 1. The third kappa shape index (κ3) is 5.85. The van der Waals surface area contributed by atoms with Gasteiger partial charge >= 0.3 is 0 Å². The molecule has 0 radical (unpaired) electrons. The van der Waals surface area contributed by atoms with Crippen molar-refractivity contribution in [1.29, 1.82) is 0 Å². The van der Waals surface area contributed by atoms with E-state index in [1.807, 2.05) is 0 Å². The molecule has 0 unspecified atom stereocenters. The lowest BCUT2D eigenvalue weighted by Gasteiger charge is -2.26. The molecule has 164 valence electrons. The van der Waals surface area contributed by atoms with E-state index in [9.17, 15) is 13.2 Å². The predicted molar refractivity (Wildman–Crippen MR) is 120 cm³/mol. The first-order valence-corrected chi connectivity index (χ1v) is 11.5. The number of hydrogen-bond donors (Lipinski definition) is 0. The average molecular weight is 496 g/mol. The van der Waals surface area contributed by atoms with Gasteiger partial charge in [0.2, 0.25) is 15.9 Å². The summed E-state index contributed by atoms with van der Waals surface area (Å²) < 4.78 is 36.0. The quantitative estimate of drug-likeness (QED) is 0.516. The first-order chi connectivity index (χ1) is 14.0. The molecular weight excluding hydrogens is 475 g/mol. The Labute approximate surface area is 191 Å². The van der Waals surface area contributed by atoms with Gasteiger partial charge in [-0.2, -0.15) is 0 Å². The van der Waals surface area contributed by atoms with Crippen LogP contribution in [0.5, 0.6) is 11.5 Å². The van der Waals surface area contributed by atoms with E-state index >= 15 is 0 Å². The van der Waals surface area contributed by atoms with Gasteiger partial charge in [-0.05, 0) is 29.8 Å². The summed E-state index contributed by atoms with van der Waals surface area (Å²) in [5, 5.41) is 0.358. The SMILES string of the molecule is COc1ccc(CN(C)C(=O)CN(c2cc(Cl)c(Cl)cc2Cl)S(C)(=O)=O)cc1OC. The molecule has 0 N–H and O–H groups in total. The Morgan fingerprint density at radius 2 is 1.57 bits per heavy atom. The van der Waals surface area contributed by atoms with Gasteiger partial charge in [-0.1, -0.05) is 40.9 Å². The number of rotatable bonds is 8. The number of carbonyl (C=O) groups is 1. The number of amides is 1. The molecule has 0 heterocycles. The van der Waals surface area contributed by atoms with Gasteiger partial charge in [-0.25, -0.2) is 8.42 Å². The molecule has 0 saturated heterocycles. The molecule has 2 aromatic rings. The fraction of sp³-hybridized carbons (Fsp3) is 0.316. The van der Waals surface area contributed by atoms with Crippen LogP contribution in [0.3, 0.4) is 0 Å². The van der Waals surface area contributed by atoms with Crippen LogP contribution < -0.4 is 13.8 Å². The number of benzene rings is 2. The van der Waals surface area contributed by atoms with Crippen LogP contribution in [0, 0.1) is 0 Å². The van der Waals surface area contributed by atoms with Crippen molar-refractivity contribution in [2.24, 2.45) is 0 Å². The molecule has 0 fully saturated rings. The van der Waals surface area contributed by atoms with Gasteiger partial charge in [-0.15, -0.1) is 0 Å². The molecule has 30 heavy (non-hydrogen) atoms. The van der Waals surface area contributed by atoms with Gasteiger partial charge in [0.05, 0.1) is 41.2 Å². The van der Waals surface area contributed by atoms with Crippen LogP contribution in [0.15, 0.2) is 30.3 Å². The number of hydrogen-bond acceptors (Lipinski definition) is 5. The van der Waals surface area contributed by atoms with Gasteiger partial charge in [0.15, 0.2) is 11.5 Å². The van der Waals surface area contributed by atoms with Crippen LogP contribution in [0.2, 0.25) is 15.1 Å². The molecule has 0 aliphatic heterocycles. The van der Waals surface area contributed by atoms with Crippen molar-refractivity contribution in [2.45, 2.75) is 6.54 Å². The molecule has 11 heteroatoms. The highest BCUT2D eigenvalue weighted by Gasteiger charge is 2.25. The zero-order valence-electron chi connectivity index (χ0n) is 16.8. The van der Waals surface area contributed by atoms with Crippen LogP contribution in [-0.2, 0) is 21.4 Å². The Morgan fingerprint density at radius 3 is 2.13 bits per heavy atom. The largest absolute Gasteiger partial charge is 0.493 e. The zero-order chi connectivity index (χ0) is 22.6. The maximum absolute atomic E-state index is 12.8. The zero-order valence-corrected chi connectivity index (χ0v) is 19.9. The van der Waals surface area contributed by atoms with Crippen molar-refractivity contribution in [3.8, 4) is 11.5 Å². The summed E-state index contributed by atoms with van der Waals surface area (Å²) >= 11 is 18.1. The van der Waals surface area contributed by atoms with E-state index in [2.05, 4.69) is 0 Å². The first-order valence-electron chi connectivity index (χ1n) is 8.55. The van der Waals surface area contributed by atoms with Crippen LogP contribution in [-0.4, -0.2) is 53.3 Å². The Balaban J connectivity index is 2.25. The molecule has 0 atom stereocenters. The normalized spacial score (nSPS) is 11.2. The monoisotopic (exact) mass is 494 g/mol. The summed E-state index contributed by atoms with van der Waals surface area (Å²) in [7, 11) is 0.782. The first kappa shape index (κ1) is 24.4. The molecule has 7 nitrogen and oxygen atoms in total. The minimum atomic E-state index is -3.83. The average Bonchev–Trinajstić information content (AvgIpc) is 2.67. The standard InChI is InChI=1S/C19H21Cl3N2O5S/c1-23(10-12-5-6-17(28-2)18(7-12)29-3)19(25)11-24(30(4,26)27)16-9-14(21)13(20)8-15(16)22/h5-9H,10-11H2,1-4H3. The summed E-state index contributed by atoms with van der Waals surface area (Å²) in [6, 6.07) is 7.90. The number of anilines is 1. The van der Waals surface area contributed by atoms with Crippen molar-refractivity contribution >= 4 is 56.4 Å². The van der Waals surface area contributed by atoms with E-state index in [-0.39, 0.29) is 27.3 Å². The van der Waals surface area contributed by atoms with Gasteiger partial charge in [0.1, 0.15) is 6.54 Å². The molecule has 1 amide bonds. The number of methoxy groups -OCH3 is 2. The van der Waals surface area contributed by atoms with E-state index in [1.54, 1.807) is 25.2 Å². The molecule has 2 rings (SSSR count). The minimum absolute atomic E-state index is 0.0603. The molecule has 0 bridgehead atoms. The highest BCUT2D eigenvalue weighted by atomic mass is 35.5. The van der Waals surface area contributed by atoms with E-state index in [4.69, 9.17) is 44.3 Å². The number of sulfonamides is 1. The Morgan fingerprint density at radius 1 is 0.967 bits per heavy atom. The maximum atomic E-state index is 12.8. The molecule has 0 saturated carbocycles. The van der Waals surface area contributed by atoms with Crippen LogP contribution in [0.1, 0.15) is 5.56 Å². The Hall–Kier alpha value is -1.87. The Bertz CT molecular complexity index is 1050. The molecular formula is C19H21Cl3N2O5S. The lowest BCUT2D eigenvalue weighted by Crippen LogP contribution is -2.41. The summed E-state index contributed by atoms with van der Waals surface area (Å²) in [6.45, 7) is -0.230. The molecule has 0 aromatic heterocycles. The van der Waals surface area contributed by atoms with Crippen molar-refractivity contribution in [2.75, 3.05) is 38.4 Å². The maximum Gasteiger partial charge on any atom is 0.243 e. The van der Waals surface area contributed by atoms with Crippen LogP contribution in [0.25, 0.3) is 0 Å². The molecule has 2 aromatic carbocycles. The van der Waals surface area contributed by atoms with E-state index in [0.29, 0.717) is 11.5 Å². The minimum Gasteiger partial charge on any atom is -0.493 e. The fourth-order valence-electron chi connectivity index (χ4n) is 2.67. The topological polar surface area (TPSA) is 76.2 Å². The number of halogens is 3. The number of nitrogens with zero attached hydrogens (tertiary/aromatic N) is 2. The summed E-state index contributed by atoms with van der Waals surface area (Å²) in [5.74, 6) is 0.640. The third-order valence-corrected chi connectivity index (χ3v) is 6.38. The van der Waals surface area contributed by atoms with Crippen molar-refractivity contribution in [3.05, 3.63) is 51.0 Å². The molecule has 0 aliphatic carbocycles. The second-order valence-electron chi connectivity index (χ2n) is 6.43. The van der Waals surface area contributed by atoms with Crippen molar-refractivity contribution < 1.29 is 22.7 Å². The van der Waals surface area contributed by atoms with E-state index in [1.165, 1.54) is 31.3 Å². The summed E-state index contributed by atoms with van der Waals surface area (Å²) in [4.78, 5) is 14.2. The van der Waals surface area contributed by atoms with Gasteiger partial charge in [-0.3, -0.25) is 9.10 Å². The predicted octanol–water partition coefficient (Wildman–Crippen LogP) is 4.09. The smallest absolute Gasteiger partial charge is 0.243 e. The Kier molecular flexibility index (Phi) is 8.10.